The van der Waals surface area contributed by atoms with Crippen LogP contribution < -0.4 is 10.6 Å². The fourth-order valence-electron chi connectivity index (χ4n) is 1.58. The highest BCUT2D eigenvalue weighted by atomic mass is 16.6. The van der Waals surface area contributed by atoms with Gasteiger partial charge in [-0.2, -0.15) is 0 Å². The van der Waals surface area contributed by atoms with E-state index in [-0.39, 0.29) is 6.61 Å². The summed E-state index contributed by atoms with van der Waals surface area (Å²) >= 11 is 0. The van der Waals surface area contributed by atoms with Crippen molar-refractivity contribution in [3.63, 3.8) is 0 Å². The van der Waals surface area contributed by atoms with Gasteiger partial charge in [-0.15, -0.1) is 0 Å². The second-order valence-electron chi connectivity index (χ2n) is 4.58. The van der Waals surface area contributed by atoms with Crippen LogP contribution >= 0.6 is 0 Å². The minimum absolute atomic E-state index is 0.0872. The van der Waals surface area contributed by atoms with Gasteiger partial charge < -0.3 is 24.8 Å². The predicted molar refractivity (Wildman–Crippen MR) is 80.2 cm³/mol. The highest BCUT2D eigenvalue weighted by Gasteiger charge is 2.24. The van der Waals surface area contributed by atoms with Crippen molar-refractivity contribution < 1.29 is 28.6 Å². The second-order valence-corrected chi connectivity index (χ2v) is 4.58. The van der Waals surface area contributed by atoms with Gasteiger partial charge in [-0.05, 0) is 12.5 Å². The van der Waals surface area contributed by atoms with Crippen molar-refractivity contribution in [3.05, 3.63) is 35.9 Å². The first-order chi connectivity index (χ1) is 11.0. The monoisotopic (exact) mass is 324 g/mol. The van der Waals surface area contributed by atoms with Crippen molar-refractivity contribution in [1.29, 1.82) is 0 Å². The molecule has 0 radical (unpaired) electrons. The number of ether oxygens (including phenoxy) is 3. The lowest BCUT2D eigenvalue weighted by atomic mass is 10.2. The average molecular weight is 324 g/mol. The van der Waals surface area contributed by atoms with Gasteiger partial charge in [0.2, 0.25) is 12.1 Å². The lowest BCUT2D eigenvalue weighted by Gasteiger charge is -2.18. The Morgan fingerprint density at radius 3 is 2.30 bits per heavy atom. The Morgan fingerprint density at radius 2 is 1.74 bits per heavy atom. The quantitative estimate of drug-likeness (QED) is 0.561. The fraction of sp³-hybridized carbons (Fsp3) is 0.400. The molecule has 0 aliphatic rings. The average Bonchev–Trinajstić information content (AvgIpc) is 2.57. The van der Waals surface area contributed by atoms with Crippen LogP contribution in [-0.4, -0.2) is 44.5 Å². The molecule has 0 spiro atoms. The van der Waals surface area contributed by atoms with Gasteiger partial charge >= 0.3 is 12.1 Å². The summed E-state index contributed by atoms with van der Waals surface area (Å²) in [6.07, 6.45) is -1.99. The lowest BCUT2D eigenvalue weighted by Crippen LogP contribution is -2.51. The number of carbonyl (C=O) groups excluding carboxylic acids is 3. The van der Waals surface area contributed by atoms with Crippen molar-refractivity contribution in [2.75, 3.05) is 14.2 Å². The van der Waals surface area contributed by atoms with E-state index in [0.29, 0.717) is 0 Å². The first-order valence-electron chi connectivity index (χ1n) is 6.86. The van der Waals surface area contributed by atoms with Gasteiger partial charge in [-0.1, -0.05) is 30.3 Å². The molecule has 126 valence electrons. The molecule has 0 aliphatic carbocycles. The maximum absolute atomic E-state index is 11.9. The van der Waals surface area contributed by atoms with Crippen LogP contribution in [0.2, 0.25) is 0 Å². The maximum atomic E-state index is 11.9. The fourth-order valence-corrected chi connectivity index (χ4v) is 1.58. The van der Waals surface area contributed by atoms with Crippen LogP contribution in [0.1, 0.15) is 12.5 Å². The minimum atomic E-state index is -1.24. The van der Waals surface area contributed by atoms with Crippen molar-refractivity contribution in [2.24, 2.45) is 0 Å². The summed E-state index contributed by atoms with van der Waals surface area (Å²) < 4.78 is 14.2. The van der Waals surface area contributed by atoms with E-state index in [2.05, 4.69) is 15.4 Å². The first kappa shape index (κ1) is 18.4. The summed E-state index contributed by atoms with van der Waals surface area (Å²) in [4.78, 5) is 34.8. The molecular weight excluding hydrogens is 304 g/mol. The van der Waals surface area contributed by atoms with E-state index in [4.69, 9.17) is 9.47 Å². The van der Waals surface area contributed by atoms with E-state index in [1.54, 1.807) is 0 Å². The van der Waals surface area contributed by atoms with E-state index in [9.17, 15) is 14.4 Å². The number of carbonyl (C=O) groups is 3. The Hall–Kier alpha value is -2.61. The zero-order valence-electron chi connectivity index (χ0n) is 13.2. The van der Waals surface area contributed by atoms with Crippen molar-refractivity contribution >= 4 is 18.0 Å². The van der Waals surface area contributed by atoms with Gasteiger partial charge in [0, 0.05) is 7.11 Å². The highest BCUT2D eigenvalue weighted by molar-refractivity contribution is 5.88. The van der Waals surface area contributed by atoms with Crippen LogP contribution in [0.4, 0.5) is 4.79 Å². The summed E-state index contributed by atoms with van der Waals surface area (Å²) in [6, 6.07) is 8.20. The molecular formula is C15H20N2O6. The van der Waals surface area contributed by atoms with Crippen molar-refractivity contribution in [2.45, 2.75) is 25.8 Å². The van der Waals surface area contributed by atoms with Crippen LogP contribution in [-0.2, 0) is 30.4 Å². The molecule has 2 atom stereocenters. The largest absolute Gasteiger partial charge is 0.466 e. The normalized spacial score (nSPS) is 12.7. The van der Waals surface area contributed by atoms with Crippen molar-refractivity contribution in [3.8, 4) is 0 Å². The third kappa shape index (κ3) is 6.35. The number of hydrogen-bond donors (Lipinski definition) is 2. The van der Waals surface area contributed by atoms with E-state index in [1.165, 1.54) is 21.1 Å². The molecule has 8 nitrogen and oxygen atoms in total. The SMILES string of the molecule is COC(=O)C(NC(=O)[C@H](C)NC(=O)OCc1ccccc1)OC. The van der Waals surface area contributed by atoms with Gasteiger partial charge in [0.1, 0.15) is 12.6 Å². The van der Waals surface area contributed by atoms with Crippen LogP contribution in [0.25, 0.3) is 0 Å². The number of amides is 2. The number of esters is 1. The Kier molecular flexibility index (Phi) is 7.55. The van der Waals surface area contributed by atoms with Gasteiger partial charge in [-0.25, -0.2) is 9.59 Å². The van der Waals surface area contributed by atoms with Crippen molar-refractivity contribution in [1.82, 2.24) is 10.6 Å². The van der Waals surface area contributed by atoms with Crippen LogP contribution in [0.5, 0.6) is 0 Å². The zero-order valence-corrected chi connectivity index (χ0v) is 13.2. The summed E-state index contributed by atoms with van der Waals surface area (Å²) in [5.74, 6) is -1.36. The molecule has 8 heteroatoms. The Balaban J connectivity index is 2.41. The highest BCUT2D eigenvalue weighted by Crippen LogP contribution is 2.01. The maximum Gasteiger partial charge on any atom is 0.408 e. The molecule has 2 amide bonds. The molecule has 23 heavy (non-hydrogen) atoms. The van der Waals surface area contributed by atoms with Crippen LogP contribution in [0, 0.1) is 0 Å². The first-order valence-corrected chi connectivity index (χ1v) is 6.86. The summed E-state index contributed by atoms with van der Waals surface area (Å²) in [5, 5.41) is 4.65. The lowest BCUT2D eigenvalue weighted by molar-refractivity contribution is -0.157. The molecule has 0 aliphatic heterocycles. The molecule has 1 aromatic rings. The standard InChI is InChI=1S/C15H20N2O6/c1-10(12(18)17-13(21-2)14(19)22-3)16-15(20)23-9-11-7-5-4-6-8-11/h4-8,10,13H,9H2,1-3H3,(H,16,20)(H,17,18)/t10-,13?/m0/s1. The molecule has 0 saturated carbocycles. The van der Waals surface area contributed by atoms with E-state index in [0.717, 1.165) is 5.56 Å². The molecule has 0 fully saturated rings. The molecule has 1 unspecified atom stereocenters. The molecule has 1 aromatic carbocycles. The van der Waals surface area contributed by atoms with Gasteiger partial charge in [0.05, 0.1) is 7.11 Å². The number of alkyl carbamates (subject to hydrolysis) is 1. The molecule has 0 heterocycles. The smallest absolute Gasteiger partial charge is 0.408 e. The second kappa shape index (κ2) is 9.42. The van der Waals surface area contributed by atoms with Gasteiger partial charge in [0.25, 0.3) is 0 Å². The van der Waals surface area contributed by atoms with Crippen LogP contribution in [0.3, 0.4) is 0 Å². The third-order valence-corrected chi connectivity index (χ3v) is 2.86. The molecule has 1 rings (SSSR count). The Morgan fingerprint density at radius 1 is 1.09 bits per heavy atom. The number of benzene rings is 1. The number of rotatable bonds is 7. The predicted octanol–water partition coefficient (Wildman–Crippen LogP) is 0.563. The number of hydrogen-bond acceptors (Lipinski definition) is 6. The van der Waals surface area contributed by atoms with Gasteiger partial charge in [-0.3, -0.25) is 4.79 Å². The topological polar surface area (TPSA) is 103 Å². The zero-order chi connectivity index (χ0) is 17.2. The van der Waals surface area contributed by atoms with E-state index < -0.39 is 30.2 Å². The third-order valence-electron chi connectivity index (χ3n) is 2.86. The number of methoxy groups -OCH3 is 2. The molecule has 2 N–H and O–H groups in total. The summed E-state index contributed by atoms with van der Waals surface area (Å²) in [5.41, 5.74) is 0.824. The molecule has 0 saturated heterocycles. The molecule has 0 bridgehead atoms. The molecule has 0 aromatic heterocycles. The van der Waals surface area contributed by atoms with E-state index >= 15 is 0 Å². The number of nitrogens with one attached hydrogen (secondary N) is 2. The summed E-state index contributed by atoms with van der Waals surface area (Å²) in [6.45, 7) is 1.53. The minimum Gasteiger partial charge on any atom is -0.466 e. The van der Waals surface area contributed by atoms with Crippen LogP contribution in [0.15, 0.2) is 30.3 Å². The van der Waals surface area contributed by atoms with Gasteiger partial charge in [0.15, 0.2) is 0 Å². The Labute approximate surface area is 134 Å². The Bertz CT molecular complexity index is 534. The summed E-state index contributed by atoms with van der Waals surface area (Å²) in [7, 11) is 2.41. The van der Waals surface area contributed by atoms with E-state index in [1.807, 2.05) is 30.3 Å².